The number of benzene rings is 1. The number of carbonyl (C=O) groups is 3. The molecule has 8 nitrogen and oxygen atoms in total. The molecule has 0 saturated heterocycles. The monoisotopic (exact) mass is 392 g/mol. The van der Waals surface area contributed by atoms with E-state index >= 15 is 0 Å². The van der Waals surface area contributed by atoms with Gasteiger partial charge in [0, 0.05) is 11.6 Å². The Kier molecular flexibility index (Phi) is 8.10. The van der Waals surface area contributed by atoms with Crippen molar-refractivity contribution in [2.45, 2.75) is 39.7 Å². The second kappa shape index (κ2) is 10.5. The predicted octanol–water partition coefficient (Wildman–Crippen LogP) is 1.67. The van der Waals surface area contributed by atoms with Crippen LogP contribution < -0.4 is 20.1 Å². The lowest BCUT2D eigenvalue weighted by molar-refractivity contribution is -0.147. The van der Waals surface area contributed by atoms with Crippen molar-refractivity contribution in [3.05, 3.63) is 23.8 Å². The molecule has 0 aliphatic heterocycles. The quantitative estimate of drug-likeness (QED) is 0.556. The second-order valence-electron chi connectivity index (χ2n) is 6.56. The molecule has 28 heavy (non-hydrogen) atoms. The molecule has 0 heterocycles. The van der Waals surface area contributed by atoms with Gasteiger partial charge in [-0.2, -0.15) is 0 Å². The van der Waals surface area contributed by atoms with Crippen molar-refractivity contribution in [2.24, 2.45) is 5.92 Å². The summed E-state index contributed by atoms with van der Waals surface area (Å²) >= 11 is 0. The maximum absolute atomic E-state index is 12.2. The lowest BCUT2D eigenvalue weighted by Gasteiger charge is -2.13. The Morgan fingerprint density at radius 1 is 1.11 bits per heavy atom. The molecule has 1 aliphatic rings. The Bertz CT molecular complexity index is 702. The van der Waals surface area contributed by atoms with Crippen LogP contribution in [0.25, 0.3) is 0 Å². The smallest absolute Gasteiger partial charge is 0.325 e. The Balaban J connectivity index is 1.78. The van der Waals surface area contributed by atoms with Gasteiger partial charge in [0.1, 0.15) is 6.54 Å². The molecule has 0 radical (unpaired) electrons. The van der Waals surface area contributed by atoms with E-state index in [1.54, 1.807) is 18.2 Å². The van der Waals surface area contributed by atoms with Gasteiger partial charge in [0.2, 0.25) is 0 Å². The van der Waals surface area contributed by atoms with E-state index < -0.39 is 11.9 Å². The molecular formula is C20H28N2O6. The van der Waals surface area contributed by atoms with Crippen LogP contribution in [0.3, 0.4) is 0 Å². The molecule has 1 aromatic carbocycles. The van der Waals surface area contributed by atoms with Crippen molar-refractivity contribution in [3.63, 3.8) is 0 Å². The average Bonchev–Trinajstić information content (AvgIpc) is 3.51. The highest BCUT2D eigenvalue weighted by Gasteiger charge is 2.29. The lowest BCUT2D eigenvalue weighted by atomic mass is 10.2. The molecule has 1 fully saturated rings. The van der Waals surface area contributed by atoms with Crippen LogP contribution in [-0.2, 0) is 14.3 Å². The lowest BCUT2D eigenvalue weighted by Crippen LogP contribution is -2.38. The fraction of sp³-hybridized carbons (Fsp3) is 0.550. The zero-order chi connectivity index (χ0) is 20.5. The minimum Gasteiger partial charge on any atom is -0.490 e. The van der Waals surface area contributed by atoms with Gasteiger partial charge in [0.05, 0.1) is 13.2 Å². The molecule has 2 N–H and O–H groups in total. The second-order valence-corrected chi connectivity index (χ2v) is 6.56. The van der Waals surface area contributed by atoms with Crippen LogP contribution in [0.2, 0.25) is 0 Å². The Morgan fingerprint density at radius 2 is 1.79 bits per heavy atom. The van der Waals surface area contributed by atoms with Crippen LogP contribution in [0.5, 0.6) is 11.5 Å². The molecule has 0 bridgehead atoms. The van der Waals surface area contributed by atoms with Gasteiger partial charge in [-0.05, 0) is 57.7 Å². The minimum atomic E-state index is -0.682. The third-order valence-electron chi connectivity index (χ3n) is 4.28. The van der Waals surface area contributed by atoms with E-state index in [9.17, 15) is 14.4 Å². The van der Waals surface area contributed by atoms with E-state index in [0.29, 0.717) is 36.2 Å². The minimum absolute atomic E-state index is 0.0881. The summed E-state index contributed by atoms with van der Waals surface area (Å²) in [6, 6.07) is 4.88. The van der Waals surface area contributed by atoms with Crippen molar-refractivity contribution in [3.8, 4) is 11.5 Å². The first-order valence-corrected chi connectivity index (χ1v) is 9.57. The summed E-state index contributed by atoms with van der Waals surface area (Å²) in [5.74, 6) is 0.0562. The van der Waals surface area contributed by atoms with Crippen LogP contribution in [-0.4, -0.2) is 50.2 Å². The standard InChI is InChI=1S/C20H28N2O6/c1-4-26-16-9-8-15(10-17(16)27-5-2)20(25)21-11-19(24)28-12-18(23)22-13(3)14-6-7-14/h8-10,13-14H,4-7,11-12H2,1-3H3,(H,21,25)(H,22,23). The molecule has 1 unspecified atom stereocenters. The fourth-order valence-corrected chi connectivity index (χ4v) is 2.65. The summed E-state index contributed by atoms with van der Waals surface area (Å²) in [4.78, 5) is 35.7. The number of amides is 2. The molecule has 1 atom stereocenters. The Morgan fingerprint density at radius 3 is 2.43 bits per heavy atom. The van der Waals surface area contributed by atoms with E-state index in [2.05, 4.69) is 10.6 Å². The normalized spacial score (nSPS) is 14.0. The number of ether oxygens (including phenoxy) is 3. The summed E-state index contributed by atoms with van der Waals surface area (Å²) < 4.78 is 15.8. The van der Waals surface area contributed by atoms with Gasteiger partial charge < -0.3 is 24.8 Å². The predicted molar refractivity (Wildman–Crippen MR) is 102 cm³/mol. The molecule has 0 aromatic heterocycles. The third kappa shape index (κ3) is 6.75. The maximum atomic E-state index is 12.2. The van der Waals surface area contributed by atoms with Gasteiger partial charge in [-0.25, -0.2) is 0 Å². The van der Waals surface area contributed by atoms with Crippen LogP contribution in [0, 0.1) is 5.92 Å². The first-order valence-electron chi connectivity index (χ1n) is 9.57. The van der Waals surface area contributed by atoms with E-state index in [-0.39, 0.29) is 25.1 Å². The zero-order valence-electron chi connectivity index (χ0n) is 16.6. The fourth-order valence-electron chi connectivity index (χ4n) is 2.65. The number of hydrogen-bond acceptors (Lipinski definition) is 6. The first-order chi connectivity index (χ1) is 13.4. The highest BCUT2D eigenvalue weighted by molar-refractivity contribution is 5.96. The topological polar surface area (TPSA) is 103 Å². The molecular weight excluding hydrogens is 364 g/mol. The third-order valence-corrected chi connectivity index (χ3v) is 4.28. The van der Waals surface area contributed by atoms with Gasteiger partial charge >= 0.3 is 5.97 Å². The van der Waals surface area contributed by atoms with Crippen LogP contribution in [0.15, 0.2) is 18.2 Å². The molecule has 2 amide bonds. The average molecular weight is 392 g/mol. The first kappa shape index (κ1) is 21.5. The number of carbonyl (C=O) groups excluding carboxylic acids is 3. The Labute approximate surface area is 164 Å². The van der Waals surface area contributed by atoms with E-state index in [1.807, 2.05) is 20.8 Å². The number of esters is 1. The summed E-state index contributed by atoms with van der Waals surface area (Å²) in [7, 11) is 0. The number of hydrogen-bond donors (Lipinski definition) is 2. The van der Waals surface area contributed by atoms with Gasteiger partial charge in [0.15, 0.2) is 18.1 Å². The molecule has 1 aliphatic carbocycles. The van der Waals surface area contributed by atoms with E-state index in [1.165, 1.54) is 0 Å². The van der Waals surface area contributed by atoms with Crippen LogP contribution >= 0.6 is 0 Å². The van der Waals surface area contributed by atoms with Crippen molar-refractivity contribution in [2.75, 3.05) is 26.4 Å². The highest BCUT2D eigenvalue weighted by atomic mass is 16.5. The molecule has 8 heteroatoms. The molecule has 2 rings (SSSR count). The van der Waals surface area contributed by atoms with Gasteiger partial charge in [0.25, 0.3) is 11.8 Å². The molecule has 1 saturated carbocycles. The molecule has 0 spiro atoms. The zero-order valence-corrected chi connectivity index (χ0v) is 16.6. The van der Waals surface area contributed by atoms with Crippen molar-refractivity contribution in [1.82, 2.24) is 10.6 Å². The van der Waals surface area contributed by atoms with Gasteiger partial charge in [-0.15, -0.1) is 0 Å². The summed E-state index contributed by atoms with van der Waals surface area (Å²) in [6.45, 7) is 5.84. The van der Waals surface area contributed by atoms with Crippen molar-refractivity contribution < 1.29 is 28.6 Å². The Hall–Kier alpha value is -2.77. The molecule has 154 valence electrons. The summed E-state index contributed by atoms with van der Waals surface area (Å²) in [6.07, 6.45) is 2.23. The molecule has 1 aromatic rings. The van der Waals surface area contributed by atoms with Crippen LogP contribution in [0.4, 0.5) is 0 Å². The van der Waals surface area contributed by atoms with E-state index in [4.69, 9.17) is 14.2 Å². The maximum Gasteiger partial charge on any atom is 0.325 e. The number of nitrogens with one attached hydrogen (secondary N) is 2. The van der Waals surface area contributed by atoms with E-state index in [0.717, 1.165) is 12.8 Å². The van der Waals surface area contributed by atoms with Crippen LogP contribution in [0.1, 0.15) is 44.0 Å². The largest absolute Gasteiger partial charge is 0.490 e. The SMILES string of the molecule is CCOc1ccc(C(=O)NCC(=O)OCC(=O)NC(C)C2CC2)cc1OCC. The highest BCUT2D eigenvalue weighted by Crippen LogP contribution is 2.32. The number of rotatable bonds is 11. The summed E-state index contributed by atoms with van der Waals surface area (Å²) in [5.41, 5.74) is 0.329. The van der Waals surface area contributed by atoms with Crippen molar-refractivity contribution in [1.29, 1.82) is 0 Å². The summed E-state index contributed by atoms with van der Waals surface area (Å²) in [5, 5.41) is 5.26. The van der Waals surface area contributed by atoms with Crippen molar-refractivity contribution >= 4 is 17.8 Å². The van der Waals surface area contributed by atoms with Gasteiger partial charge in [-0.3, -0.25) is 14.4 Å². The van der Waals surface area contributed by atoms with Gasteiger partial charge in [-0.1, -0.05) is 0 Å².